The average Bonchev–Trinajstić information content (AvgIpc) is 2.40. The average molecular weight is 249 g/mol. The summed E-state index contributed by atoms with van der Waals surface area (Å²) >= 11 is 0. The number of aliphatic hydroxyl groups excluding tert-OH is 1. The van der Waals surface area contributed by atoms with Crippen LogP contribution in [0, 0.1) is 5.92 Å². The van der Waals surface area contributed by atoms with Gasteiger partial charge in [0.1, 0.15) is 6.61 Å². The fourth-order valence-corrected chi connectivity index (χ4v) is 2.11. The van der Waals surface area contributed by atoms with Gasteiger partial charge in [0.05, 0.1) is 6.10 Å². The Morgan fingerprint density at radius 2 is 2.17 bits per heavy atom. The molecule has 98 valence electrons. The maximum Gasteiger partial charge on any atom is 0.410 e. The number of rotatable bonds is 2. The third-order valence-corrected chi connectivity index (χ3v) is 3.32. The molecule has 1 aliphatic heterocycles. The molecule has 1 N–H and O–H groups in total. The van der Waals surface area contributed by atoms with Crippen LogP contribution in [0.1, 0.15) is 18.9 Å². The highest BCUT2D eigenvalue weighted by Crippen LogP contribution is 2.17. The molecule has 1 aromatic carbocycles. The minimum Gasteiger partial charge on any atom is -0.445 e. The van der Waals surface area contributed by atoms with E-state index in [0.29, 0.717) is 26.1 Å². The molecular formula is C14H19NO3. The predicted octanol–water partition coefficient (Wildman–Crippen LogP) is 2.03. The van der Waals surface area contributed by atoms with Crippen LogP contribution >= 0.6 is 0 Å². The summed E-state index contributed by atoms with van der Waals surface area (Å²) in [5, 5.41) is 9.61. The summed E-state index contributed by atoms with van der Waals surface area (Å²) in [5.74, 6) is 0.114. The van der Waals surface area contributed by atoms with E-state index in [0.717, 1.165) is 5.56 Å². The van der Waals surface area contributed by atoms with Gasteiger partial charge >= 0.3 is 6.09 Å². The molecule has 0 spiro atoms. The Kier molecular flexibility index (Phi) is 4.20. The lowest BCUT2D eigenvalue weighted by atomic mass is 9.97. The van der Waals surface area contributed by atoms with Crippen LogP contribution in [0.25, 0.3) is 0 Å². The van der Waals surface area contributed by atoms with E-state index in [2.05, 4.69) is 0 Å². The quantitative estimate of drug-likeness (QED) is 0.872. The van der Waals surface area contributed by atoms with E-state index in [4.69, 9.17) is 4.74 Å². The molecule has 0 unspecified atom stereocenters. The first-order valence-corrected chi connectivity index (χ1v) is 6.30. The van der Waals surface area contributed by atoms with Gasteiger partial charge < -0.3 is 14.7 Å². The van der Waals surface area contributed by atoms with Crippen molar-refractivity contribution in [2.45, 2.75) is 26.1 Å². The van der Waals surface area contributed by atoms with Crippen LogP contribution in [0.2, 0.25) is 0 Å². The summed E-state index contributed by atoms with van der Waals surface area (Å²) in [5.41, 5.74) is 0.982. The van der Waals surface area contributed by atoms with Gasteiger partial charge in [-0.1, -0.05) is 37.3 Å². The van der Waals surface area contributed by atoms with E-state index < -0.39 is 0 Å². The third kappa shape index (κ3) is 3.23. The molecule has 1 saturated heterocycles. The highest BCUT2D eigenvalue weighted by atomic mass is 16.6. The van der Waals surface area contributed by atoms with E-state index in [1.165, 1.54) is 0 Å². The van der Waals surface area contributed by atoms with Gasteiger partial charge in [0.15, 0.2) is 0 Å². The fourth-order valence-electron chi connectivity index (χ4n) is 2.11. The second-order valence-electron chi connectivity index (χ2n) is 4.82. The minimum absolute atomic E-state index is 0.114. The Labute approximate surface area is 107 Å². The Bertz CT molecular complexity index is 393. The van der Waals surface area contributed by atoms with Crippen molar-refractivity contribution < 1.29 is 14.6 Å². The van der Waals surface area contributed by atoms with Gasteiger partial charge in [0.2, 0.25) is 0 Å². The zero-order valence-corrected chi connectivity index (χ0v) is 10.6. The van der Waals surface area contributed by atoms with Crippen LogP contribution < -0.4 is 0 Å². The van der Waals surface area contributed by atoms with E-state index in [1.54, 1.807) is 4.90 Å². The van der Waals surface area contributed by atoms with Gasteiger partial charge in [-0.25, -0.2) is 4.79 Å². The van der Waals surface area contributed by atoms with Crippen molar-refractivity contribution >= 4 is 6.09 Å². The summed E-state index contributed by atoms with van der Waals surface area (Å²) < 4.78 is 5.26. The number of hydrogen-bond donors (Lipinski definition) is 1. The number of hydrogen-bond acceptors (Lipinski definition) is 3. The Balaban J connectivity index is 1.82. The number of nitrogens with zero attached hydrogens (tertiary/aromatic N) is 1. The molecule has 0 radical (unpaired) electrons. The van der Waals surface area contributed by atoms with Crippen molar-refractivity contribution in [3.05, 3.63) is 35.9 Å². The molecule has 2 atom stereocenters. The van der Waals surface area contributed by atoms with Gasteiger partial charge in [-0.3, -0.25) is 0 Å². The molecule has 1 heterocycles. The van der Waals surface area contributed by atoms with Crippen LogP contribution in [0.4, 0.5) is 4.79 Å². The van der Waals surface area contributed by atoms with E-state index in [9.17, 15) is 9.90 Å². The van der Waals surface area contributed by atoms with Crippen molar-refractivity contribution in [2.24, 2.45) is 5.92 Å². The topological polar surface area (TPSA) is 49.8 Å². The fraction of sp³-hybridized carbons (Fsp3) is 0.500. The van der Waals surface area contributed by atoms with Gasteiger partial charge in [0.25, 0.3) is 0 Å². The molecule has 4 nitrogen and oxygen atoms in total. The number of carbonyl (C=O) groups excluding carboxylic acids is 1. The summed E-state index contributed by atoms with van der Waals surface area (Å²) in [6, 6.07) is 9.62. The van der Waals surface area contributed by atoms with Crippen LogP contribution in [0.3, 0.4) is 0 Å². The molecule has 4 heteroatoms. The predicted molar refractivity (Wildman–Crippen MR) is 68.0 cm³/mol. The maximum absolute atomic E-state index is 11.8. The van der Waals surface area contributed by atoms with Crippen molar-refractivity contribution in [3.63, 3.8) is 0 Å². The number of aliphatic hydroxyl groups is 1. The Morgan fingerprint density at radius 3 is 2.83 bits per heavy atom. The summed E-state index contributed by atoms with van der Waals surface area (Å²) in [4.78, 5) is 13.5. The van der Waals surface area contributed by atoms with Crippen molar-refractivity contribution in [1.29, 1.82) is 0 Å². The highest BCUT2D eigenvalue weighted by Gasteiger charge is 2.27. The first kappa shape index (κ1) is 12.9. The molecular weight excluding hydrogens is 230 g/mol. The van der Waals surface area contributed by atoms with Gasteiger partial charge in [-0.2, -0.15) is 0 Å². The van der Waals surface area contributed by atoms with E-state index in [1.807, 2.05) is 37.3 Å². The van der Waals surface area contributed by atoms with Crippen LogP contribution in [0.5, 0.6) is 0 Å². The number of carbonyl (C=O) groups is 1. The van der Waals surface area contributed by atoms with Crippen LogP contribution in [-0.2, 0) is 11.3 Å². The van der Waals surface area contributed by atoms with Crippen molar-refractivity contribution in [1.82, 2.24) is 4.90 Å². The first-order chi connectivity index (χ1) is 8.66. The summed E-state index contributed by atoms with van der Waals surface area (Å²) in [6.45, 7) is 3.38. The standard InChI is InChI=1S/C14H19NO3/c1-11-9-15(8-7-13(11)16)14(17)18-10-12-5-3-2-4-6-12/h2-6,11,13,16H,7-10H2,1H3/t11-,13-/m0/s1. The van der Waals surface area contributed by atoms with Gasteiger partial charge in [0, 0.05) is 13.1 Å². The lowest BCUT2D eigenvalue weighted by Gasteiger charge is -2.33. The van der Waals surface area contributed by atoms with Crippen molar-refractivity contribution in [3.8, 4) is 0 Å². The molecule has 1 aromatic rings. The minimum atomic E-state index is -0.303. The number of benzene rings is 1. The Morgan fingerprint density at radius 1 is 1.44 bits per heavy atom. The lowest BCUT2D eigenvalue weighted by Crippen LogP contribution is -2.45. The van der Waals surface area contributed by atoms with Crippen LogP contribution in [0.15, 0.2) is 30.3 Å². The zero-order valence-electron chi connectivity index (χ0n) is 10.6. The normalized spacial score (nSPS) is 23.8. The van der Waals surface area contributed by atoms with Crippen LogP contribution in [-0.4, -0.2) is 35.3 Å². The van der Waals surface area contributed by atoms with E-state index >= 15 is 0 Å². The Hall–Kier alpha value is -1.55. The van der Waals surface area contributed by atoms with E-state index in [-0.39, 0.29) is 18.1 Å². The highest BCUT2D eigenvalue weighted by molar-refractivity contribution is 5.67. The first-order valence-electron chi connectivity index (χ1n) is 6.30. The summed E-state index contributed by atoms with van der Waals surface area (Å²) in [7, 11) is 0. The second kappa shape index (κ2) is 5.87. The smallest absolute Gasteiger partial charge is 0.410 e. The van der Waals surface area contributed by atoms with Gasteiger partial charge in [-0.15, -0.1) is 0 Å². The largest absolute Gasteiger partial charge is 0.445 e. The number of likely N-dealkylation sites (tertiary alicyclic amines) is 1. The molecule has 18 heavy (non-hydrogen) atoms. The SMILES string of the molecule is C[C@H]1CN(C(=O)OCc2ccccc2)CC[C@@H]1O. The molecule has 0 aromatic heterocycles. The van der Waals surface area contributed by atoms with Crippen molar-refractivity contribution in [2.75, 3.05) is 13.1 Å². The summed E-state index contributed by atoms with van der Waals surface area (Å²) in [6.07, 6.45) is 0.0301. The maximum atomic E-state index is 11.8. The number of amides is 1. The monoisotopic (exact) mass is 249 g/mol. The molecule has 1 aliphatic rings. The third-order valence-electron chi connectivity index (χ3n) is 3.32. The molecule has 0 aliphatic carbocycles. The number of ether oxygens (including phenoxy) is 1. The molecule has 0 saturated carbocycles. The van der Waals surface area contributed by atoms with Gasteiger partial charge in [-0.05, 0) is 17.9 Å². The molecule has 0 bridgehead atoms. The zero-order chi connectivity index (χ0) is 13.0. The second-order valence-corrected chi connectivity index (χ2v) is 4.82. The molecule has 2 rings (SSSR count). The number of piperidine rings is 1. The lowest BCUT2D eigenvalue weighted by molar-refractivity contribution is 0.0248. The molecule has 1 amide bonds. The molecule has 1 fully saturated rings.